The largest absolute Gasteiger partial charge is 0.273 e. The van der Waals surface area contributed by atoms with Crippen LogP contribution in [-0.4, -0.2) is 11.6 Å². The summed E-state index contributed by atoms with van der Waals surface area (Å²) in [6.45, 7) is 3.99. The van der Waals surface area contributed by atoms with E-state index in [9.17, 15) is 4.79 Å². The van der Waals surface area contributed by atoms with E-state index in [0.29, 0.717) is 5.92 Å². The number of carbonyl (C=O) groups excluding carboxylic acids is 1. The van der Waals surface area contributed by atoms with E-state index in [-0.39, 0.29) is 11.8 Å². The van der Waals surface area contributed by atoms with Gasteiger partial charge in [-0.2, -0.15) is 5.10 Å². The number of hydrazone groups is 1. The molecule has 1 fully saturated rings. The smallest absolute Gasteiger partial charge is 0.243 e. The zero-order valence-electron chi connectivity index (χ0n) is 12.2. The van der Waals surface area contributed by atoms with Gasteiger partial charge in [0.2, 0.25) is 5.91 Å². The summed E-state index contributed by atoms with van der Waals surface area (Å²) >= 11 is 1.69. The third-order valence-electron chi connectivity index (χ3n) is 3.79. The van der Waals surface area contributed by atoms with Crippen molar-refractivity contribution >= 4 is 23.0 Å². The Morgan fingerprint density at radius 3 is 2.67 bits per heavy atom. The lowest BCUT2D eigenvalue weighted by atomic mass is 10.1. The third-order valence-corrected chi connectivity index (χ3v) is 4.90. The first-order valence-corrected chi connectivity index (χ1v) is 7.92. The normalized spacial score (nSPS) is 21.1. The van der Waals surface area contributed by atoms with E-state index in [4.69, 9.17) is 0 Å². The van der Waals surface area contributed by atoms with E-state index in [2.05, 4.69) is 35.7 Å². The number of nitrogens with one attached hydrogen (secondary N) is 1. The van der Waals surface area contributed by atoms with Crippen LogP contribution in [0.15, 0.2) is 47.6 Å². The highest BCUT2D eigenvalue weighted by atomic mass is 32.1. The summed E-state index contributed by atoms with van der Waals surface area (Å²) in [6.07, 6.45) is 0.919. The van der Waals surface area contributed by atoms with Crippen molar-refractivity contribution in [2.45, 2.75) is 26.2 Å². The molecule has 1 amide bonds. The van der Waals surface area contributed by atoms with E-state index in [1.54, 1.807) is 11.3 Å². The topological polar surface area (TPSA) is 41.5 Å². The molecular weight excluding hydrogens is 280 g/mol. The van der Waals surface area contributed by atoms with E-state index in [1.165, 1.54) is 10.4 Å². The fourth-order valence-electron chi connectivity index (χ4n) is 2.46. The first-order chi connectivity index (χ1) is 10.1. The minimum Gasteiger partial charge on any atom is -0.273 e. The van der Waals surface area contributed by atoms with Crippen LogP contribution in [0.3, 0.4) is 0 Å². The second-order valence-electron chi connectivity index (χ2n) is 5.44. The van der Waals surface area contributed by atoms with Crippen molar-refractivity contribution in [3.63, 3.8) is 0 Å². The van der Waals surface area contributed by atoms with E-state index in [1.807, 2.05) is 31.2 Å². The third kappa shape index (κ3) is 3.22. The van der Waals surface area contributed by atoms with Gasteiger partial charge in [0.1, 0.15) is 0 Å². The molecule has 1 aliphatic rings. The minimum atomic E-state index is 0.0245. The highest BCUT2D eigenvalue weighted by Gasteiger charge is 2.43. The molecule has 21 heavy (non-hydrogen) atoms. The number of thiophene rings is 1. The van der Waals surface area contributed by atoms with Crippen molar-refractivity contribution in [2.24, 2.45) is 11.0 Å². The summed E-state index contributed by atoms with van der Waals surface area (Å²) in [5.74, 6) is 0.441. The lowest BCUT2D eigenvalue weighted by Crippen LogP contribution is -2.21. The Kier molecular flexibility index (Phi) is 3.88. The molecule has 1 aliphatic carbocycles. The molecule has 0 bridgehead atoms. The highest BCUT2D eigenvalue weighted by molar-refractivity contribution is 7.14. The molecule has 4 heteroatoms. The van der Waals surface area contributed by atoms with Gasteiger partial charge in [0.25, 0.3) is 0 Å². The molecular formula is C17H18N2OS. The Labute approximate surface area is 128 Å². The van der Waals surface area contributed by atoms with Crippen LogP contribution in [0, 0.1) is 12.8 Å². The number of hydrogen-bond acceptors (Lipinski definition) is 3. The first kappa shape index (κ1) is 14.0. The molecule has 0 unspecified atom stereocenters. The maximum absolute atomic E-state index is 12.1. The maximum atomic E-state index is 12.1. The van der Waals surface area contributed by atoms with Crippen molar-refractivity contribution < 1.29 is 4.79 Å². The van der Waals surface area contributed by atoms with Crippen LogP contribution < -0.4 is 5.43 Å². The van der Waals surface area contributed by atoms with Gasteiger partial charge in [-0.1, -0.05) is 30.3 Å². The molecule has 3 rings (SSSR count). The fourth-order valence-corrected chi connectivity index (χ4v) is 3.27. The first-order valence-electron chi connectivity index (χ1n) is 7.11. The average molecular weight is 298 g/mol. The van der Waals surface area contributed by atoms with Crippen LogP contribution in [0.4, 0.5) is 0 Å². The molecule has 1 N–H and O–H groups in total. The quantitative estimate of drug-likeness (QED) is 0.678. The number of hydrogen-bond donors (Lipinski definition) is 1. The molecule has 0 aliphatic heterocycles. The lowest BCUT2D eigenvalue weighted by Gasteiger charge is -2.01. The van der Waals surface area contributed by atoms with Gasteiger partial charge < -0.3 is 0 Å². The second kappa shape index (κ2) is 5.82. The van der Waals surface area contributed by atoms with Crippen LogP contribution in [0.25, 0.3) is 0 Å². The Morgan fingerprint density at radius 2 is 2.00 bits per heavy atom. The summed E-state index contributed by atoms with van der Waals surface area (Å²) < 4.78 is 0. The summed E-state index contributed by atoms with van der Waals surface area (Å²) in [6, 6.07) is 14.3. The fraction of sp³-hybridized carbons (Fsp3) is 0.294. The van der Waals surface area contributed by atoms with Crippen molar-refractivity contribution in [1.29, 1.82) is 0 Å². The Balaban J connectivity index is 1.58. The van der Waals surface area contributed by atoms with Gasteiger partial charge in [0, 0.05) is 10.8 Å². The summed E-state index contributed by atoms with van der Waals surface area (Å²) in [7, 11) is 0. The Bertz CT molecular complexity index is 675. The van der Waals surface area contributed by atoms with Gasteiger partial charge in [-0.25, -0.2) is 5.43 Å². The van der Waals surface area contributed by atoms with Crippen molar-refractivity contribution in [1.82, 2.24) is 5.43 Å². The molecule has 3 nitrogen and oxygen atoms in total. The van der Waals surface area contributed by atoms with Gasteiger partial charge in [-0.3, -0.25) is 4.79 Å². The van der Waals surface area contributed by atoms with Crippen molar-refractivity contribution in [2.75, 3.05) is 0 Å². The predicted octanol–water partition coefficient (Wildman–Crippen LogP) is 3.70. The Hall–Kier alpha value is -1.94. The predicted molar refractivity (Wildman–Crippen MR) is 86.7 cm³/mol. The zero-order valence-corrected chi connectivity index (χ0v) is 13.0. The summed E-state index contributed by atoms with van der Waals surface area (Å²) in [5.41, 5.74) is 4.81. The molecule has 2 aromatic rings. The van der Waals surface area contributed by atoms with Crippen LogP contribution in [0.1, 0.15) is 34.6 Å². The van der Waals surface area contributed by atoms with Gasteiger partial charge in [-0.05, 0) is 43.9 Å². The number of amides is 1. The average Bonchev–Trinajstić information content (AvgIpc) is 3.20. The zero-order chi connectivity index (χ0) is 14.8. The van der Waals surface area contributed by atoms with Crippen LogP contribution in [0.2, 0.25) is 0 Å². The Morgan fingerprint density at radius 1 is 1.24 bits per heavy atom. The van der Waals surface area contributed by atoms with Crippen LogP contribution >= 0.6 is 11.3 Å². The lowest BCUT2D eigenvalue weighted by molar-refractivity contribution is -0.122. The van der Waals surface area contributed by atoms with Gasteiger partial charge in [0.15, 0.2) is 0 Å². The molecule has 0 radical (unpaired) electrons. The number of carbonyl (C=O) groups is 1. The number of nitrogens with zero attached hydrogens (tertiary/aromatic N) is 1. The van der Waals surface area contributed by atoms with Gasteiger partial charge in [0.05, 0.1) is 10.6 Å². The molecule has 1 aromatic carbocycles. The van der Waals surface area contributed by atoms with Crippen LogP contribution in [0.5, 0.6) is 0 Å². The summed E-state index contributed by atoms with van der Waals surface area (Å²) in [4.78, 5) is 14.5. The van der Waals surface area contributed by atoms with E-state index in [0.717, 1.165) is 17.0 Å². The molecule has 1 heterocycles. The van der Waals surface area contributed by atoms with Crippen molar-refractivity contribution in [3.8, 4) is 0 Å². The van der Waals surface area contributed by atoms with Gasteiger partial charge >= 0.3 is 0 Å². The monoisotopic (exact) mass is 298 g/mol. The highest BCUT2D eigenvalue weighted by Crippen LogP contribution is 2.47. The molecule has 0 saturated heterocycles. The summed E-state index contributed by atoms with van der Waals surface area (Å²) in [5, 5.41) is 4.22. The molecule has 0 spiro atoms. The molecule has 2 atom stereocenters. The molecule has 1 saturated carbocycles. The standard InChI is InChI=1S/C17H18N2OS/c1-11-8-9-16(21-11)12(2)18-19-17(20)15-10-14(15)13-6-4-3-5-7-13/h3-9,14-15H,10H2,1-2H3,(H,19,20)/t14-,15+/m0/s1. The maximum Gasteiger partial charge on any atom is 0.243 e. The molecule has 1 aromatic heterocycles. The van der Waals surface area contributed by atoms with Crippen LogP contribution in [-0.2, 0) is 4.79 Å². The van der Waals surface area contributed by atoms with E-state index >= 15 is 0 Å². The SMILES string of the molecule is CC(=NNC(=O)[C@@H]1C[C@H]1c1ccccc1)c1ccc(C)s1. The van der Waals surface area contributed by atoms with Crippen molar-refractivity contribution in [3.05, 3.63) is 57.8 Å². The van der Waals surface area contributed by atoms with Gasteiger partial charge in [-0.15, -0.1) is 11.3 Å². The minimum absolute atomic E-state index is 0.0245. The number of rotatable bonds is 4. The van der Waals surface area contributed by atoms with E-state index < -0.39 is 0 Å². The molecule has 108 valence electrons. The number of aryl methyl sites for hydroxylation is 1. The number of benzene rings is 1. The second-order valence-corrected chi connectivity index (χ2v) is 6.73.